The number of Topliss-reactive ketones (excluding diaryl/α,β-unsaturated/α-hetero) is 1. The van der Waals surface area contributed by atoms with Crippen molar-refractivity contribution in [3.05, 3.63) is 105 Å². The minimum absolute atomic E-state index is 0.0416. The van der Waals surface area contributed by atoms with Gasteiger partial charge in [-0.25, -0.2) is 4.79 Å². The number of hydrogen-bond acceptors (Lipinski definition) is 7. The fourth-order valence-corrected chi connectivity index (χ4v) is 6.92. The van der Waals surface area contributed by atoms with Gasteiger partial charge in [0.25, 0.3) is 0 Å². The van der Waals surface area contributed by atoms with Crippen LogP contribution in [0.3, 0.4) is 0 Å². The van der Waals surface area contributed by atoms with Gasteiger partial charge in [-0.2, -0.15) is 0 Å². The highest BCUT2D eigenvalue weighted by molar-refractivity contribution is 8.03. The van der Waals surface area contributed by atoms with Crippen molar-refractivity contribution in [3.63, 3.8) is 0 Å². The Balaban J connectivity index is 1.29. The van der Waals surface area contributed by atoms with Gasteiger partial charge in [0.15, 0.2) is 5.78 Å². The Labute approximate surface area is 271 Å². The number of alkyl carbamates (subject to hydrolysis) is 1. The van der Waals surface area contributed by atoms with E-state index in [4.69, 9.17) is 21.1 Å². The van der Waals surface area contributed by atoms with Crippen molar-refractivity contribution in [1.82, 2.24) is 10.6 Å². The molecule has 2 unspecified atom stereocenters. The molecule has 2 N–H and O–H groups in total. The number of carbonyl (C=O) groups excluding carboxylic acids is 4. The summed E-state index contributed by atoms with van der Waals surface area (Å²) in [4.78, 5) is 53.0. The zero-order chi connectivity index (χ0) is 32.3. The van der Waals surface area contributed by atoms with Crippen molar-refractivity contribution in [2.45, 2.75) is 57.1 Å². The maximum atomic E-state index is 13.6. The first-order valence-corrected chi connectivity index (χ1v) is 16.0. The third-order valence-electron chi connectivity index (χ3n) is 7.63. The second kappa shape index (κ2) is 13.5. The number of esters is 1. The molecule has 1 aliphatic heterocycles. The van der Waals surface area contributed by atoms with Crippen molar-refractivity contribution in [2.24, 2.45) is 5.92 Å². The number of ether oxygens (including phenoxy) is 2. The van der Waals surface area contributed by atoms with Gasteiger partial charge in [0.1, 0.15) is 18.2 Å². The molecule has 0 saturated heterocycles. The smallest absolute Gasteiger partial charge is 0.407 e. The zero-order valence-corrected chi connectivity index (χ0v) is 27.0. The van der Waals surface area contributed by atoms with E-state index in [-0.39, 0.29) is 18.3 Å². The summed E-state index contributed by atoms with van der Waals surface area (Å²) < 4.78 is 11.1. The van der Waals surface area contributed by atoms with E-state index in [0.717, 1.165) is 27.8 Å². The van der Waals surface area contributed by atoms with Gasteiger partial charge in [-0.3, -0.25) is 14.4 Å². The summed E-state index contributed by atoms with van der Waals surface area (Å²) in [5.74, 6) is -2.29. The SMILES string of the molecule is CC1=CSC(NC(=O)[C@H](CC(=O)OC(C)(C)C)NC(=O)OCC2c3ccccc3-c3ccccc32)C1C(=O)c1ccc(Cl)cc1. The van der Waals surface area contributed by atoms with Crippen LogP contribution in [0.5, 0.6) is 0 Å². The fraction of sp³-hybridized carbons (Fsp3) is 0.314. The third kappa shape index (κ3) is 7.60. The molecule has 1 heterocycles. The van der Waals surface area contributed by atoms with Crippen LogP contribution in [0.25, 0.3) is 11.1 Å². The Morgan fingerprint density at radius 1 is 0.911 bits per heavy atom. The minimum Gasteiger partial charge on any atom is -0.460 e. The number of carbonyl (C=O) groups is 4. The van der Waals surface area contributed by atoms with Crippen molar-refractivity contribution >= 4 is 47.1 Å². The summed E-state index contributed by atoms with van der Waals surface area (Å²) in [5, 5.41) is 7.12. The van der Waals surface area contributed by atoms with Gasteiger partial charge in [-0.05, 0) is 79.6 Å². The third-order valence-corrected chi connectivity index (χ3v) is 9.08. The lowest BCUT2D eigenvalue weighted by atomic mass is 9.92. The van der Waals surface area contributed by atoms with Gasteiger partial charge >= 0.3 is 12.1 Å². The van der Waals surface area contributed by atoms with Gasteiger partial charge in [0, 0.05) is 16.5 Å². The van der Waals surface area contributed by atoms with Gasteiger partial charge in [-0.15, -0.1) is 11.8 Å². The highest BCUT2D eigenvalue weighted by Gasteiger charge is 2.38. The molecule has 0 aromatic heterocycles. The van der Waals surface area contributed by atoms with Crippen LogP contribution in [-0.2, 0) is 19.1 Å². The molecule has 2 aliphatic rings. The lowest BCUT2D eigenvalue weighted by Crippen LogP contribution is -2.52. The molecule has 0 radical (unpaired) electrons. The van der Waals surface area contributed by atoms with Gasteiger partial charge < -0.3 is 20.1 Å². The monoisotopic (exact) mass is 646 g/mol. The van der Waals surface area contributed by atoms with E-state index < -0.39 is 47.3 Å². The lowest BCUT2D eigenvalue weighted by molar-refractivity contribution is -0.156. The van der Waals surface area contributed by atoms with E-state index in [0.29, 0.717) is 10.6 Å². The first-order chi connectivity index (χ1) is 21.4. The molecule has 10 heteroatoms. The molecular formula is C35H35ClN2O6S. The maximum Gasteiger partial charge on any atom is 0.407 e. The molecule has 0 bridgehead atoms. The van der Waals surface area contributed by atoms with Gasteiger partial charge in [0.2, 0.25) is 5.91 Å². The first-order valence-electron chi connectivity index (χ1n) is 14.7. The number of fused-ring (bicyclic) bond motifs is 3. The number of ketones is 1. The normalized spacial score (nSPS) is 17.8. The Hall–Kier alpha value is -4.08. The van der Waals surface area contributed by atoms with E-state index in [1.165, 1.54) is 11.8 Å². The summed E-state index contributed by atoms with van der Waals surface area (Å²) in [6, 6.07) is 21.2. The Morgan fingerprint density at radius 2 is 1.51 bits per heavy atom. The summed E-state index contributed by atoms with van der Waals surface area (Å²) in [6.45, 7) is 7.02. The predicted octanol–water partition coefficient (Wildman–Crippen LogP) is 6.87. The summed E-state index contributed by atoms with van der Waals surface area (Å²) in [7, 11) is 0. The molecule has 1 aliphatic carbocycles. The number of amides is 2. The van der Waals surface area contributed by atoms with E-state index in [1.54, 1.807) is 45.0 Å². The molecule has 3 aromatic carbocycles. The van der Waals surface area contributed by atoms with Gasteiger partial charge in [0.05, 0.1) is 17.7 Å². The zero-order valence-electron chi connectivity index (χ0n) is 25.5. The van der Waals surface area contributed by atoms with E-state index in [9.17, 15) is 19.2 Å². The molecule has 0 spiro atoms. The standard InChI is InChI=1S/C35H35ClN2O6S/c1-20-19-45-33(30(20)31(40)21-13-15-22(36)16-14-21)38-32(41)28(17-29(39)44-35(2,3)4)37-34(42)43-18-27-25-11-7-5-9-23(25)24-10-6-8-12-26(24)27/h5-16,19,27-28,30,33H,17-18H2,1-4H3,(H,37,42)(H,38,41)/t28-,30?,33?/m0/s1. The molecule has 45 heavy (non-hydrogen) atoms. The van der Waals surface area contributed by atoms with E-state index in [2.05, 4.69) is 10.6 Å². The van der Waals surface area contributed by atoms with Crippen molar-refractivity contribution in [3.8, 4) is 11.1 Å². The van der Waals surface area contributed by atoms with Gasteiger partial charge in [-0.1, -0.05) is 65.7 Å². The molecule has 3 atom stereocenters. The molecular weight excluding hydrogens is 612 g/mol. The molecule has 234 valence electrons. The van der Waals surface area contributed by atoms with Crippen LogP contribution in [0.15, 0.2) is 83.8 Å². The van der Waals surface area contributed by atoms with Crippen molar-refractivity contribution < 1.29 is 28.7 Å². The number of halogens is 1. The number of benzene rings is 3. The highest BCUT2D eigenvalue weighted by Crippen LogP contribution is 2.44. The van der Waals surface area contributed by atoms with Crippen molar-refractivity contribution in [1.29, 1.82) is 0 Å². The number of nitrogens with one attached hydrogen (secondary N) is 2. The Morgan fingerprint density at radius 3 is 2.11 bits per heavy atom. The molecule has 0 fully saturated rings. The quantitative estimate of drug-likeness (QED) is 0.193. The Kier molecular flexibility index (Phi) is 9.70. The lowest BCUT2D eigenvalue weighted by Gasteiger charge is -2.26. The van der Waals surface area contributed by atoms with E-state index in [1.807, 2.05) is 60.9 Å². The van der Waals surface area contributed by atoms with E-state index >= 15 is 0 Å². The molecule has 2 amide bonds. The predicted molar refractivity (Wildman–Crippen MR) is 175 cm³/mol. The van der Waals surface area contributed by atoms with Crippen LogP contribution in [-0.4, -0.2) is 47.4 Å². The largest absolute Gasteiger partial charge is 0.460 e. The fourth-order valence-electron chi connectivity index (χ4n) is 5.61. The Bertz CT molecular complexity index is 1600. The average Bonchev–Trinajstić information content (AvgIpc) is 3.51. The summed E-state index contributed by atoms with van der Waals surface area (Å²) >= 11 is 7.29. The van der Waals surface area contributed by atoms with Crippen LogP contribution in [0.4, 0.5) is 4.79 Å². The molecule has 3 aromatic rings. The number of hydrogen-bond donors (Lipinski definition) is 2. The van der Waals surface area contributed by atoms with Crippen LogP contribution in [0.1, 0.15) is 61.5 Å². The molecule has 0 saturated carbocycles. The molecule has 8 nitrogen and oxygen atoms in total. The summed E-state index contributed by atoms with van der Waals surface area (Å²) in [6.07, 6.45) is -1.27. The minimum atomic E-state index is -1.30. The average molecular weight is 647 g/mol. The number of rotatable bonds is 9. The van der Waals surface area contributed by atoms with Crippen LogP contribution < -0.4 is 10.6 Å². The van der Waals surface area contributed by atoms with Crippen LogP contribution >= 0.6 is 23.4 Å². The van der Waals surface area contributed by atoms with Crippen LogP contribution in [0.2, 0.25) is 5.02 Å². The summed E-state index contributed by atoms with van der Waals surface area (Å²) in [5.41, 5.74) is 4.73. The second-order valence-electron chi connectivity index (χ2n) is 12.1. The second-order valence-corrected chi connectivity index (χ2v) is 13.5. The first kappa shape index (κ1) is 32.3. The highest BCUT2D eigenvalue weighted by atomic mass is 35.5. The van der Waals surface area contributed by atoms with Crippen molar-refractivity contribution in [2.75, 3.05) is 6.61 Å². The van der Waals surface area contributed by atoms with Crippen LogP contribution in [0, 0.1) is 5.92 Å². The molecule has 5 rings (SSSR count). The number of thioether (sulfide) groups is 1. The topological polar surface area (TPSA) is 111 Å². The maximum absolute atomic E-state index is 13.6.